The molecule has 0 saturated heterocycles. The van der Waals surface area contributed by atoms with E-state index in [1.54, 1.807) is 24.4 Å². The van der Waals surface area contributed by atoms with Crippen LogP contribution < -0.4 is 11.1 Å². The SMILES string of the molecule is C=CC(=O)NCc1ccc(-c2ccc(F)cc2)cc1/C(N)=C/C=NCC(C)C. The number of nitrogens with two attached hydrogens (primary N) is 1. The summed E-state index contributed by atoms with van der Waals surface area (Å²) in [5.41, 5.74) is 10.3. The lowest BCUT2D eigenvalue weighted by Crippen LogP contribution is -2.21. The topological polar surface area (TPSA) is 67.5 Å². The van der Waals surface area contributed by atoms with E-state index >= 15 is 0 Å². The second kappa shape index (κ2) is 10.2. The van der Waals surface area contributed by atoms with Gasteiger partial charge in [0.25, 0.3) is 0 Å². The quantitative estimate of drug-likeness (QED) is 0.530. The first-order valence-electron chi connectivity index (χ1n) is 9.15. The van der Waals surface area contributed by atoms with Gasteiger partial charge in [0, 0.05) is 30.6 Å². The minimum atomic E-state index is -0.284. The molecule has 3 N–H and O–H groups in total. The van der Waals surface area contributed by atoms with E-state index in [4.69, 9.17) is 5.73 Å². The van der Waals surface area contributed by atoms with Gasteiger partial charge in [0.15, 0.2) is 0 Å². The Bertz CT molecular complexity index is 883. The average molecular weight is 379 g/mol. The summed E-state index contributed by atoms with van der Waals surface area (Å²) in [4.78, 5) is 15.9. The summed E-state index contributed by atoms with van der Waals surface area (Å²) < 4.78 is 13.2. The van der Waals surface area contributed by atoms with Gasteiger partial charge >= 0.3 is 0 Å². The first-order valence-corrected chi connectivity index (χ1v) is 9.15. The molecule has 0 aliphatic carbocycles. The lowest BCUT2D eigenvalue weighted by atomic mass is 9.97. The molecule has 0 bridgehead atoms. The molecule has 0 saturated carbocycles. The number of nitrogens with one attached hydrogen (secondary N) is 1. The van der Waals surface area contributed by atoms with Crippen molar-refractivity contribution in [3.63, 3.8) is 0 Å². The Morgan fingerprint density at radius 2 is 1.89 bits per heavy atom. The molecule has 0 fully saturated rings. The van der Waals surface area contributed by atoms with E-state index < -0.39 is 0 Å². The summed E-state index contributed by atoms with van der Waals surface area (Å²) in [6.07, 6.45) is 4.68. The van der Waals surface area contributed by atoms with Gasteiger partial charge in [-0.1, -0.05) is 44.7 Å². The van der Waals surface area contributed by atoms with Crippen molar-refractivity contribution in [2.75, 3.05) is 6.54 Å². The zero-order valence-electron chi connectivity index (χ0n) is 16.3. The van der Waals surface area contributed by atoms with Gasteiger partial charge in [0.05, 0.1) is 0 Å². The Morgan fingerprint density at radius 3 is 2.54 bits per heavy atom. The molecule has 1 amide bonds. The van der Waals surface area contributed by atoms with Gasteiger partial charge < -0.3 is 11.1 Å². The van der Waals surface area contributed by atoms with E-state index in [0.29, 0.717) is 18.2 Å². The molecule has 0 atom stereocenters. The van der Waals surface area contributed by atoms with Crippen LogP contribution >= 0.6 is 0 Å². The lowest BCUT2D eigenvalue weighted by molar-refractivity contribution is -0.116. The van der Waals surface area contributed by atoms with Gasteiger partial charge in [0.2, 0.25) is 5.91 Å². The smallest absolute Gasteiger partial charge is 0.243 e. The Hall–Kier alpha value is -3.21. The molecule has 2 aromatic rings. The number of allylic oxidation sites excluding steroid dienone is 1. The number of carbonyl (C=O) groups excluding carboxylic acids is 1. The van der Waals surface area contributed by atoms with Crippen molar-refractivity contribution in [3.05, 3.63) is 78.1 Å². The van der Waals surface area contributed by atoms with Crippen LogP contribution in [0.15, 0.2) is 66.2 Å². The third-order valence-electron chi connectivity index (χ3n) is 4.07. The maximum atomic E-state index is 13.2. The van der Waals surface area contributed by atoms with Gasteiger partial charge in [0.1, 0.15) is 5.82 Å². The average Bonchev–Trinajstić information content (AvgIpc) is 2.69. The number of rotatable bonds is 8. The number of halogens is 1. The van der Waals surface area contributed by atoms with Gasteiger partial charge in [-0.15, -0.1) is 0 Å². The van der Waals surface area contributed by atoms with Crippen LogP contribution in [0.2, 0.25) is 0 Å². The largest absolute Gasteiger partial charge is 0.398 e. The Morgan fingerprint density at radius 1 is 1.21 bits per heavy atom. The van der Waals surface area contributed by atoms with Crippen LogP contribution in [0.3, 0.4) is 0 Å². The van der Waals surface area contributed by atoms with E-state index in [0.717, 1.165) is 28.8 Å². The van der Waals surface area contributed by atoms with Crippen LogP contribution in [0.1, 0.15) is 25.0 Å². The number of benzene rings is 2. The first-order chi connectivity index (χ1) is 13.4. The molecule has 146 valence electrons. The molecule has 5 heteroatoms. The second-order valence-electron chi connectivity index (χ2n) is 6.83. The third kappa shape index (κ3) is 6.20. The van der Waals surface area contributed by atoms with Crippen molar-refractivity contribution in [3.8, 4) is 11.1 Å². The molecule has 2 rings (SSSR count). The molecule has 0 heterocycles. The maximum absolute atomic E-state index is 13.2. The minimum absolute atomic E-state index is 0.255. The summed E-state index contributed by atoms with van der Waals surface area (Å²) in [7, 11) is 0. The molecule has 0 unspecified atom stereocenters. The Labute approximate surface area is 165 Å². The van der Waals surface area contributed by atoms with Crippen molar-refractivity contribution >= 4 is 17.8 Å². The van der Waals surface area contributed by atoms with Crippen LogP contribution in [0.4, 0.5) is 4.39 Å². The highest BCUT2D eigenvalue weighted by atomic mass is 19.1. The molecule has 0 spiro atoms. The fourth-order valence-corrected chi connectivity index (χ4v) is 2.57. The van der Waals surface area contributed by atoms with Crippen molar-refractivity contribution in [1.29, 1.82) is 0 Å². The van der Waals surface area contributed by atoms with E-state index in [-0.39, 0.29) is 11.7 Å². The molecule has 28 heavy (non-hydrogen) atoms. The van der Waals surface area contributed by atoms with Crippen LogP contribution in [0, 0.1) is 11.7 Å². The Kier molecular flexibility index (Phi) is 7.69. The predicted octanol–water partition coefficient (Wildman–Crippen LogP) is 4.32. The van der Waals surface area contributed by atoms with Crippen LogP contribution in [0.5, 0.6) is 0 Å². The minimum Gasteiger partial charge on any atom is -0.398 e. The normalized spacial score (nSPS) is 11.8. The van der Waals surface area contributed by atoms with Crippen LogP contribution in [-0.2, 0) is 11.3 Å². The Balaban J connectivity index is 2.37. The molecular weight excluding hydrogens is 353 g/mol. The number of nitrogens with zero attached hydrogens (tertiary/aromatic N) is 1. The molecule has 2 aromatic carbocycles. The third-order valence-corrected chi connectivity index (χ3v) is 4.07. The summed E-state index contributed by atoms with van der Waals surface area (Å²) in [6, 6.07) is 12.0. The summed E-state index contributed by atoms with van der Waals surface area (Å²) in [6.45, 7) is 8.69. The molecular formula is C23H26FN3O. The highest BCUT2D eigenvalue weighted by molar-refractivity contribution is 5.87. The van der Waals surface area contributed by atoms with E-state index in [1.807, 2.05) is 18.2 Å². The highest BCUT2D eigenvalue weighted by Gasteiger charge is 2.09. The van der Waals surface area contributed by atoms with Crippen LogP contribution in [0.25, 0.3) is 16.8 Å². The monoisotopic (exact) mass is 379 g/mol. The molecule has 4 nitrogen and oxygen atoms in total. The molecule has 0 aliphatic rings. The van der Waals surface area contributed by atoms with Gasteiger partial charge in [-0.2, -0.15) is 0 Å². The van der Waals surface area contributed by atoms with Gasteiger partial charge in [-0.25, -0.2) is 4.39 Å². The summed E-state index contributed by atoms with van der Waals surface area (Å²) in [5.74, 6) is -0.0690. The zero-order chi connectivity index (χ0) is 20.5. The highest BCUT2D eigenvalue weighted by Crippen LogP contribution is 2.25. The van der Waals surface area contributed by atoms with Crippen molar-refractivity contribution < 1.29 is 9.18 Å². The van der Waals surface area contributed by atoms with E-state index in [1.165, 1.54) is 18.2 Å². The number of aliphatic imine (C=N–C) groups is 1. The summed E-state index contributed by atoms with van der Waals surface area (Å²) in [5, 5.41) is 2.77. The number of carbonyl (C=O) groups is 1. The van der Waals surface area contributed by atoms with E-state index in [9.17, 15) is 9.18 Å². The van der Waals surface area contributed by atoms with Gasteiger partial charge in [-0.3, -0.25) is 9.79 Å². The van der Waals surface area contributed by atoms with Gasteiger partial charge in [-0.05, 0) is 53.0 Å². The van der Waals surface area contributed by atoms with E-state index in [2.05, 4.69) is 30.7 Å². The van der Waals surface area contributed by atoms with Crippen molar-refractivity contribution in [1.82, 2.24) is 5.32 Å². The lowest BCUT2D eigenvalue weighted by Gasteiger charge is -2.13. The summed E-state index contributed by atoms with van der Waals surface area (Å²) >= 11 is 0. The number of amides is 1. The zero-order valence-corrected chi connectivity index (χ0v) is 16.3. The number of hydrogen-bond donors (Lipinski definition) is 2. The van der Waals surface area contributed by atoms with Crippen LogP contribution in [-0.4, -0.2) is 18.7 Å². The van der Waals surface area contributed by atoms with Crippen molar-refractivity contribution in [2.24, 2.45) is 16.6 Å². The first kappa shape index (κ1) is 21.1. The fourth-order valence-electron chi connectivity index (χ4n) is 2.57. The van der Waals surface area contributed by atoms with Crippen molar-refractivity contribution in [2.45, 2.75) is 20.4 Å². The standard InChI is InChI=1S/C23H26FN3O/c1-4-23(28)27-15-19-6-5-18(17-7-9-20(24)10-8-17)13-21(19)22(25)11-12-26-14-16(2)3/h4-13,16H,1,14-15,25H2,2-3H3,(H,27,28)/b22-11-,26-12?. The predicted molar refractivity (Wildman–Crippen MR) is 114 cm³/mol. The number of hydrogen-bond acceptors (Lipinski definition) is 3. The fraction of sp³-hybridized carbons (Fsp3) is 0.217. The maximum Gasteiger partial charge on any atom is 0.243 e. The molecule has 0 radical (unpaired) electrons. The second-order valence-corrected chi connectivity index (χ2v) is 6.83. The molecule has 0 aliphatic heterocycles. The molecule has 0 aromatic heterocycles.